The van der Waals surface area contributed by atoms with Crippen molar-refractivity contribution in [1.29, 1.82) is 0 Å². The van der Waals surface area contributed by atoms with Gasteiger partial charge in [-0.1, -0.05) is 101 Å². The fourth-order valence-electron chi connectivity index (χ4n) is 2.85. The summed E-state index contributed by atoms with van der Waals surface area (Å²) >= 11 is 0. The van der Waals surface area contributed by atoms with E-state index in [4.69, 9.17) is 4.74 Å². The van der Waals surface area contributed by atoms with Crippen molar-refractivity contribution in [1.82, 2.24) is 0 Å². The maximum Gasteiger partial charge on any atom is 0.306 e. The Morgan fingerprint density at radius 1 is 0.792 bits per heavy atom. The van der Waals surface area contributed by atoms with Crippen molar-refractivity contribution in [3.63, 3.8) is 0 Å². The van der Waals surface area contributed by atoms with E-state index in [1.165, 1.54) is 63.4 Å². The third-order valence-electron chi connectivity index (χ3n) is 4.50. The molecule has 0 fully saturated rings. The molecule has 0 aromatic heterocycles. The van der Waals surface area contributed by atoms with Crippen LogP contribution in [0.3, 0.4) is 0 Å². The van der Waals surface area contributed by atoms with Gasteiger partial charge in [0.25, 0.3) is 0 Å². The fraction of sp³-hybridized carbons (Fsp3) is 0.682. The van der Waals surface area contributed by atoms with Gasteiger partial charge in [0.1, 0.15) is 6.61 Å². The normalized spacial score (nSPS) is 10.8. The number of hydrogen-bond donors (Lipinski definition) is 0. The highest BCUT2D eigenvalue weighted by Gasteiger charge is 2.03. The zero-order valence-corrected chi connectivity index (χ0v) is 15.8. The van der Waals surface area contributed by atoms with E-state index >= 15 is 0 Å². The molecule has 0 atom stereocenters. The Bertz CT molecular complexity index is 422. The summed E-state index contributed by atoms with van der Waals surface area (Å²) < 4.78 is 5.32. The highest BCUT2D eigenvalue weighted by Crippen LogP contribution is 2.12. The Kier molecular flexibility index (Phi) is 12.2. The number of aryl methyl sites for hydroxylation is 1. The molecular formula is C22H36O2. The van der Waals surface area contributed by atoms with Crippen LogP contribution in [0, 0.1) is 6.92 Å². The van der Waals surface area contributed by atoms with Crippen LogP contribution in [0.25, 0.3) is 0 Å². The molecule has 0 radical (unpaired) electrons. The topological polar surface area (TPSA) is 26.3 Å². The molecule has 0 aliphatic carbocycles. The summed E-state index contributed by atoms with van der Waals surface area (Å²) in [4.78, 5) is 11.7. The smallest absolute Gasteiger partial charge is 0.306 e. The minimum Gasteiger partial charge on any atom is -0.461 e. The van der Waals surface area contributed by atoms with Crippen LogP contribution < -0.4 is 0 Å². The summed E-state index contributed by atoms with van der Waals surface area (Å²) in [6.07, 6.45) is 14.9. The van der Waals surface area contributed by atoms with Crippen molar-refractivity contribution in [2.24, 2.45) is 0 Å². The lowest BCUT2D eigenvalue weighted by molar-refractivity contribution is -0.145. The first-order valence-electron chi connectivity index (χ1n) is 9.93. The quantitative estimate of drug-likeness (QED) is 0.278. The lowest BCUT2D eigenvalue weighted by Gasteiger charge is -2.05. The van der Waals surface area contributed by atoms with E-state index in [1.54, 1.807) is 0 Å². The van der Waals surface area contributed by atoms with Crippen LogP contribution >= 0.6 is 0 Å². The van der Waals surface area contributed by atoms with E-state index in [2.05, 4.69) is 13.8 Å². The fourth-order valence-corrected chi connectivity index (χ4v) is 2.85. The van der Waals surface area contributed by atoms with E-state index in [0.29, 0.717) is 13.0 Å². The van der Waals surface area contributed by atoms with Crippen molar-refractivity contribution >= 4 is 5.97 Å². The van der Waals surface area contributed by atoms with Gasteiger partial charge >= 0.3 is 5.97 Å². The average molecular weight is 333 g/mol. The van der Waals surface area contributed by atoms with Gasteiger partial charge in [-0.25, -0.2) is 0 Å². The minimum atomic E-state index is -0.0634. The molecule has 0 saturated heterocycles. The van der Waals surface area contributed by atoms with Crippen LogP contribution in [0.1, 0.15) is 95.1 Å². The van der Waals surface area contributed by atoms with E-state index in [0.717, 1.165) is 18.4 Å². The van der Waals surface area contributed by atoms with Crippen molar-refractivity contribution < 1.29 is 9.53 Å². The van der Waals surface area contributed by atoms with E-state index < -0.39 is 0 Å². The largest absolute Gasteiger partial charge is 0.461 e. The molecule has 1 aromatic rings. The molecule has 2 nitrogen and oxygen atoms in total. The number of ether oxygens (including phenoxy) is 1. The van der Waals surface area contributed by atoms with Crippen LogP contribution in [0.5, 0.6) is 0 Å². The molecule has 0 spiro atoms. The zero-order chi connectivity index (χ0) is 17.5. The number of hydrogen-bond acceptors (Lipinski definition) is 2. The predicted octanol–water partition coefficient (Wildman–Crippen LogP) is 6.74. The van der Waals surface area contributed by atoms with Gasteiger partial charge in [0, 0.05) is 6.42 Å². The molecule has 0 heterocycles. The Morgan fingerprint density at radius 3 is 1.83 bits per heavy atom. The van der Waals surface area contributed by atoms with Gasteiger partial charge in [-0.3, -0.25) is 4.79 Å². The predicted molar refractivity (Wildman–Crippen MR) is 102 cm³/mol. The average Bonchev–Trinajstić information content (AvgIpc) is 2.59. The molecule has 1 rings (SSSR count). The van der Waals surface area contributed by atoms with Gasteiger partial charge in [0.2, 0.25) is 0 Å². The number of carbonyl (C=O) groups excluding carboxylic acids is 1. The second kappa shape index (κ2) is 14.1. The summed E-state index contributed by atoms with van der Waals surface area (Å²) in [5.41, 5.74) is 2.29. The zero-order valence-electron chi connectivity index (χ0n) is 15.8. The Morgan fingerprint density at radius 2 is 1.29 bits per heavy atom. The van der Waals surface area contributed by atoms with Crippen molar-refractivity contribution in [3.05, 3.63) is 35.4 Å². The van der Waals surface area contributed by atoms with Crippen molar-refractivity contribution in [2.75, 3.05) is 0 Å². The summed E-state index contributed by atoms with van der Waals surface area (Å²) in [5.74, 6) is -0.0634. The van der Waals surface area contributed by atoms with Gasteiger partial charge in [-0.2, -0.15) is 0 Å². The SMILES string of the molecule is CCCCCCCCCCCCCC(=O)OCc1ccc(C)cc1. The summed E-state index contributed by atoms with van der Waals surface area (Å²) in [6, 6.07) is 8.13. The molecule has 2 heteroatoms. The third-order valence-corrected chi connectivity index (χ3v) is 4.50. The van der Waals surface area contributed by atoms with Crippen LogP contribution in [0.4, 0.5) is 0 Å². The first-order chi connectivity index (χ1) is 11.7. The molecule has 0 bridgehead atoms. The highest BCUT2D eigenvalue weighted by molar-refractivity contribution is 5.69. The lowest BCUT2D eigenvalue weighted by atomic mass is 10.1. The Labute approximate surface area is 149 Å². The van der Waals surface area contributed by atoms with Crippen LogP contribution in [-0.4, -0.2) is 5.97 Å². The highest BCUT2D eigenvalue weighted by atomic mass is 16.5. The van der Waals surface area contributed by atoms with Crippen LogP contribution in [0.2, 0.25) is 0 Å². The molecule has 136 valence electrons. The Hall–Kier alpha value is -1.31. The third kappa shape index (κ3) is 11.3. The van der Waals surface area contributed by atoms with Crippen LogP contribution in [-0.2, 0) is 16.1 Å². The van der Waals surface area contributed by atoms with Gasteiger partial charge in [-0.05, 0) is 18.9 Å². The summed E-state index contributed by atoms with van der Waals surface area (Å²) in [7, 11) is 0. The molecule has 0 N–H and O–H groups in total. The van der Waals surface area contributed by atoms with Gasteiger partial charge in [-0.15, -0.1) is 0 Å². The van der Waals surface area contributed by atoms with Crippen molar-refractivity contribution in [2.45, 2.75) is 97.5 Å². The standard InChI is InChI=1S/C22H36O2/c1-3-4-5-6-7-8-9-10-11-12-13-14-22(23)24-19-21-17-15-20(2)16-18-21/h15-18H,3-14,19H2,1-2H3. The molecule has 0 amide bonds. The molecular weight excluding hydrogens is 296 g/mol. The monoisotopic (exact) mass is 332 g/mol. The molecule has 0 unspecified atom stereocenters. The van der Waals surface area contributed by atoms with Crippen LogP contribution in [0.15, 0.2) is 24.3 Å². The first kappa shape index (κ1) is 20.7. The number of carbonyl (C=O) groups is 1. The molecule has 24 heavy (non-hydrogen) atoms. The van der Waals surface area contributed by atoms with E-state index in [-0.39, 0.29) is 5.97 Å². The number of rotatable bonds is 14. The van der Waals surface area contributed by atoms with Crippen molar-refractivity contribution in [3.8, 4) is 0 Å². The summed E-state index contributed by atoms with van der Waals surface area (Å²) in [6.45, 7) is 4.72. The second-order valence-corrected chi connectivity index (χ2v) is 6.93. The number of esters is 1. The molecule has 0 aliphatic rings. The second-order valence-electron chi connectivity index (χ2n) is 6.93. The van der Waals surface area contributed by atoms with Gasteiger partial charge in [0.05, 0.1) is 0 Å². The maximum absolute atomic E-state index is 11.7. The number of unbranched alkanes of at least 4 members (excludes halogenated alkanes) is 10. The summed E-state index contributed by atoms with van der Waals surface area (Å²) in [5, 5.41) is 0. The maximum atomic E-state index is 11.7. The van der Waals surface area contributed by atoms with Gasteiger partial charge in [0.15, 0.2) is 0 Å². The Balaban J connectivity index is 1.88. The van der Waals surface area contributed by atoms with E-state index in [9.17, 15) is 4.79 Å². The first-order valence-corrected chi connectivity index (χ1v) is 9.93. The minimum absolute atomic E-state index is 0.0634. The van der Waals surface area contributed by atoms with Gasteiger partial charge < -0.3 is 4.74 Å². The van der Waals surface area contributed by atoms with E-state index in [1.807, 2.05) is 24.3 Å². The molecule has 1 aromatic carbocycles. The molecule has 0 aliphatic heterocycles. The number of benzene rings is 1. The molecule has 0 saturated carbocycles. The lowest BCUT2D eigenvalue weighted by Crippen LogP contribution is -2.04.